The van der Waals surface area contributed by atoms with E-state index in [1.165, 1.54) is 12.3 Å². The number of rotatable bonds is 4. The van der Waals surface area contributed by atoms with Crippen molar-refractivity contribution < 1.29 is 9.18 Å². The quantitative estimate of drug-likeness (QED) is 0.882. The molecule has 2 heterocycles. The van der Waals surface area contributed by atoms with E-state index in [0.717, 1.165) is 24.9 Å². The fourth-order valence-corrected chi connectivity index (χ4v) is 3.15. The third-order valence-electron chi connectivity index (χ3n) is 4.33. The summed E-state index contributed by atoms with van der Waals surface area (Å²) in [5.74, 6) is -0.219. The minimum absolute atomic E-state index is 0.00812. The van der Waals surface area contributed by atoms with Crippen LogP contribution in [0.2, 0.25) is 0 Å². The van der Waals surface area contributed by atoms with Crippen LogP contribution in [0, 0.1) is 12.7 Å². The molecule has 1 aromatic heterocycles. The fraction of sp³-hybridized carbons (Fsp3) is 0.389. The normalized spacial score (nSPS) is 17.4. The first kappa shape index (κ1) is 17.1. The molecular weight excluding hydrogens is 323 g/mol. The number of aromatic nitrogens is 2. The lowest BCUT2D eigenvalue weighted by Crippen LogP contribution is -2.49. The van der Waals surface area contributed by atoms with Crippen molar-refractivity contribution in [2.75, 3.05) is 18.0 Å². The van der Waals surface area contributed by atoms with E-state index in [1.807, 2.05) is 11.8 Å². The SMILES string of the molecule is Cc1ccc(F)c(CC(=O)NC2CCCN(c3ncc[nH]c3=O)C2)c1. The summed E-state index contributed by atoms with van der Waals surface area (Å²) in [5.41, 5.74) is 1.07. The molecule has 0 aliphatic carbocycles. The second-order valence-corrected chi connectivity index (χ2v) is 6.37. The van der Waals surface area contributed by atoms with Gasteiger partial charge in [-0.1, -0.05) is 17.7 Å². The molecule has 7 heteroatoms. The van der Waals surface area contributed by atoms with Gasteiger partial charge in [0, 0.05) is 31.5 Å². The summed E-state index contributed by atoms with van der Waals surface area (Å²) in [6, 6.07) is 4.67. The average Bonchev–Trinajstić information content (AvgIpc) is 2.59. The van der Waals surface area contributed by atoms with E-state index in [1.54, 1.807) is 18.3 Å². The third-order valence-corrected chi connectivity index (χ3v) is 4.33. The number of carbonyl (C=O) groups excluding carboxylic acids is 1. The summed E-state index contributed by atoms with van der Waals surface area (Å²) in [6.07, 6.45) is 4.71. The van der Waals surface area contributed by atoms with Crippen molar-refractivity contribution in [1.29, 1.82) is 0 Å². The Morgan fingerprint density at radius 3 is 3.12 bits per heavy atom. The van der Waals surface area contributed by atoms with E-state index in [2.05, 4.69) is 15.3 Å². The number of nitrogens with one attached hydrogen (secondary N) is 2. The number of hydrogen-bond acceptors (Lipinski definition) is 4. The predicted molar refractivity (Wildman–Crippen MR) is 93.1 cm³/mol. The summed E-state index contributed by atoms with van der Waals surface area (Å²) in [6.45, 7) is 3.10. The van der Waals surface area contributed by atoms with Gasteiger partial charge in [0.1, 0.15) is 5.82 Å². The van der Waals surface area contributed by atoms with Crippen molar-refractivity contribution in [2.24, 2.45) is 0 Å². The highest BCUT2D eigenvalue weighted by Gasteiger charge is 2.24. The molecule has 1 unspecified atom stereocenters. The molecule has 0 spiro atoms. The Labute approximate surface area is 145 Å². The Balaban J connectivity index is 1.62. The van der Waals surface area contributed by atoms with E-state index < -0.39 is 0 Å². The molecule has 1 amide bonds. The first-order valence-corrected chi connectivity index (χ1v) is 8.36. The molecule has 1 aromatic carbocycles. The van der Waals surface area contributed by atoms with Gasteiger partial charge >= 0.3 is 0 Å². The first-order chi connectivity index (χ1) is 12.0. The first-order valence-electron chi connectivity index (χ1n) is 8.36. The number of piperidine rings is 1. The van der Waals surface area contributed by atoms with Gasteiger partial charge in [-0.25, -0.2) is 9.37 Å². The van der Waals surface area contributed by atoms with Gasteiger partial charge in [0.2, 0.25) is 5.91 Å². The van der Waals surface area contributed by atoms with Crippen molar-refractivity contribution in [3.05, 3.63) is 57.9 Å². The lowest BCUT2D eigenvalue weighted by atomic mass is 10.0. The van der Waals surface area contributed by atoms with Crippen LogP contribution < -0.4 is 15.8 Å². The van der Waals surface area contributed by atoms with Crippen molar-refractivity contribution in [3.63, 3.8) is 0 Å². The standard InChI is InChI=1S/C18H21FN4O2/c1-12-4-5-15(19)13(9-12)10-16(24)22-14-3-2-8-23(11-14)17-18(25)21-7-6-20-17/h4-7,9,14H,2-3,8,10-11H2,1H3,(H,21,25)(H,22,24). The number of halogens is 1. The molecule has 3 rings (SSSR count). The molecule has 1 saturated heterocycles. The van der Waals surface area contributed by atoms with E-state index in [9.17, 15) is 14.0 Å². The lowest BCUT2D eigenvalue weighted by Gasteiger charge is -2.33. The summed E-state index contributed by atoms with van der Waals surface area (Å²) in [4.78, 5) is 32.8. The Kier molecular flexibility index (Phi) is 5.11. The number of amides is 1. The van der Waals surface area contributed by atoms with Crippen molar-refractivity contribution >= 4 is 11.7 Å². The summed E-state index contributed by atoms with van der Waals surface area (Å²) in [7, 11) is 0. The maximum absolute atomic E-state index is 13.8. The highest BCUT2D eigenvalue weighted by atomic mass is 19.1. The van der Waals surface area contributed by atoms with E-state index in [4.69, 9.17) is 0 Å². The summed E-state index contributed by atoms with van der Waals surface area (Å²) in [5, 5.41) is 2.95. The highest BCUT2D eigenvalue weighted by molar-refractivity contribution is 5.79. The van der Waals surface area contributed by atoms with E-state index in [0.29, 0.717) is 17.9 Å². The van der Waals surface area contributed by atoms with Gasteiger partial charge in [-0.3, -0.25) is 9.59 Å². The zero-order valence-corrected chi connectivity index (χ0v) is 14.1. The van der Waals surface area contributed by atoms with Crippen LogP contribution in [0.25, 0.3) is 0 Å². The van der Waals surface area contributed by atoms with Crippen molar-refractivity contribution in [2.45, 2.75) is 32.2 Å². The average molecular weight is 344 g/mol. The van der Waals surface area contributed by atoms with Crippen LogP contribution in [0.4, 0.5) is 10.2 Å². The lowest BCUT2D eigenvalue weighted by molar-refractivity contribution is -0.121. The van der Waals surface area contributed by atoms with Gasteiger partial charge in [-0.15, -0.1) is 0 Å². The Morgan fingerprint density at radius 2 is 2.32 bits per heavy atom. The molecule has 0 radical (unpaired) electrons. The number of anilines is 1. The molecule has 0 saturated carbocycles. The highest BCUT2D eigenvalue weighted by Crippen LogP contribution is 2.15. The van der Waals surface area contributed by atoms with Crippen LogP contribution in [0.5, 0.6) is 0 Å². The zero-order chi connectivity index (χ0) is 17.8. The van der Waals surface area contributed by atoms with Gasteiger partial charge in [0.25, 0.3) is 5.56 Å². The fourth-order valence-electron chi connectivity index (χ4n) is 3.15. The zero-order valence-electron chi connectivity index (χ0n) is 14.1. The Bertz CT molecular complexity index is 821. The Hall–Kier alpha value is -2.70. The minimum atomic E-state index is -0.369. The van der Waals surface area contributed by atoms with Gasteiger partial charge in [-0.2, -0.15) is 0 Å². The van der Waals surface area contributed by atoms with Gasteiger partial charge in [-0.05, 0) is 31.4 Å². The van der Waals surface area contributed by atoms with Crippen LogP contribution in [0.15, 0.2) is 35.4 Å². The molecule has 25 heavy (non-hydrogen) atoms. The molecule has 1 aliphatic heterocycles. The van der Waals surface area contributed by atoms with Gasteiger partial charge in [0.05, 0.1) is 6.42 Å². The van der Waals surface area contributed by atoms with Crippen LogP contribution in [-0.2, 0) is 11.2 Å². The number of benzene rings is 1. The number of carbonyl (C=O) groups is 1. The molecule has 1 fully saturated rings. The van der Waals surface area contributed by atoms with Crippen LogP contribution >= 0.6 is 0 Å². The number of hydrogen-bond donors (Lipinski definition) is 2. The topological polar surface area (TPSA) is 78.1 Å². The Morgan fingerprint density at radius 1 is 1.48 bits per heavy atom. The molecule has 2 aromatic rings. The molecule has 1 aliphatic rings. The third kappa shape index (κ3) is 4.23. The molecule has 1 atom stereocenters. The predicted octanol–water partition coefficient (Wildman–Crippen LogP) is 1.55. The maximum atomic E-state index is 13.8. The molecule has 6 nitrogen and oxygen atoms in total. The van der Waals surface area contributed by atoms with E-state index in [-0.39, 0.29) is 29.7 Å². The van der Waals surface area contributed by atoms with Crippen LogP contribution in [0.3, 0.4) is 0 Å². The second kappa shape index (κ2) is 7.46. The van der Waals surface area contributed by atoms with Gasteiger partial charge < -0.3 is 15.2 Å². The van der Waals surface area contributed by atoms with E-state index >= 15 is 0 Å². The van der Waals surface area contributed by atoms with Crippen molar-refractivity contribution in [3.8, 4) is 0 Å². The smallest absolute Gasteiger partial charge is 0.290 e. The van der Waals surface area contributed by atoms with Crippen LogP contribution in [-0.4, -0.2) is 35.0 Å². The maximum Gasteiger partial charge on any atom is 0.290 e. The second-order valence-electron chi connectivity index (χ2n) is 6.37. The monoisotopic (exact) mass is 344 g/mol. The number of H-pyrrole nitrogens is 1. The summed E-state index contributed by atoms with van der Waals surface area (Å²) >= 11 is 0. The van der Waals surface area contributed by atoms with Gasteiger partial charge in [0.15, 0.2) is 5.82 Å². The molecule has 0 bridgehead atoms. The molecular formula is C18H21FN4O2. The number of nitrogens with zero attached hydrogens (tertiary/aromatic N) is 2. The number of aryl methyl sites for hydroxylation is 1. The van der Waals surface area contributed by atoms with Crippen LogP contribution in [0.1, 0.15) is 24.0 Å². The largest absolute Gasteiger partial charge is 0.351 e. The minimum Gasteiger partial charge on any atom is -0.351 e. The molecule has 2 N–H and O–H groups in total. The number of aromatic amines is 1. The van der Waals surface area contributed by atoms with Crippen molar-refractivity contribution in [1.82, 2.24) is 15.3 Å². The molecule has 132 valence electrons. The summed E-state index contributed by atoms with van der Waals surface area (Å²) < 4.78 is 13.8.